The van der Waals surface area contributed by atoms with Crippen molar-refractivity contribution in [2.24, 2.45) is 11.0 Å². The predicted molar refractivity (Wildman–Crippen MR) is 67.5 cm³/mol. The van der Waals surface area contributed by atoms with Crippen LogP contribution in [0.5, 0.6) is 0 Å². The van der Waals surface area contributed by atoms with Crippen molar-refractivity contribution in [3.8, 4) is 0 Å². The van der Waals surface area contributed by atoms with Crippen molar-refractivity contribution in [1.82, 2.24) is 10.1 Å². The van der Waals surface area contributed by atoms with Gasteiger partial charge in [-0.25, -0.2) is 10.4 Å². The zero-order valence-corrected chi connectivity index (χ0v) is 10.8. The summed E-state index contributed by atoms with van der Waals surface area (Å²) in [4.78, 5) is 0. The van der Waals surface area contributed by atoms with E-state index in [1.54, 1.807) is 0 Å². The molecule has 1 rings (SSSR count). The van der Waals surface area contributed by atoms with Gasteiger partial charge in [0.25, 0.3) is 14.6 Å². The fraction of sp³-hybridized carbons (Fsp3) is 0.300. The number of nitrogens with two attached hydrogens (primary N) is 1. The molecule has 0 saturated carbocycles. The molecular formula is C10H17N4O2P. The highest BCUT2D eigenvalue weighted by Gasteiger charge is 2.07. The largest absolute Gasteiger partial charge is 0.408 e. The zero-order valence-electron chi connectivity index (χ0n) is 9.87. The van der Waals surface area contributed by atoms with E-state index < -0.39 is 0 Å². The van der Waals surface area contributed by atoms with E-state index in [0.717, 1.165) is 10.6 Å². The third-order valence-corrected chi connectivity index (χ3v) is 2.00. The molecule has 4 N–H and O–H groups in total. The molecule has 0 fully saturated rings. The topological polar surface area (TPSA) is 90.9 Å². The first kappa shape index (κ1) is 15.3. The summed E-state index contributed by atoms with van der Waals surface area (Å²) in [5, 5.41) is 14.9. The minimum atomic E-state index is -0.377. The quantitative estimate of drug-likeness (QED) is 0.192. The monoisotopic (exact) mass is 256 g/mol. The van der Waals surface area contributed by atoms with Crippen LogP contribution in [0.25, 0.3) is 0 Å². The van der Waals surface area contributed by atoms with E-state index in [2.05, 4.69) is 10.2 Å². The fourth-order valence-corrected chi connectivity index (χ4v) is 1.29. The van der Waals surface area contributed by atoms with Gasteiger partial charge in [-0.05, 0) is 10.7 Å². The summed E-state index contributed by atoms with van der Waals surface area (Å²) >= 11 is 0. The first-order valence-electron chi connectivity index (χ1n) is 5.14. The number of oxime groups is 1. The third-order valence-electron chi connectivity index (χ3n) is 1.71. The smallest absolute Gasteiger partial charge is 0.281 e. The van der Waals surface area contributed by atoms with Crippen LogP contribution in [0.1, 0.15) is 19.4 Å². The minimum Gasteiger partial charge on any atom is -0.408 e. The van der Waals surface area contributed by atoms with E-state index in [1.807, 2.05) is 44.2 Å². The minimum absolute atomic E-state index is 0.0597. The number of hydrogen-bond donors (Lipinski definition) is 3. The van der Waals surface area contributed by atoms with E-state index in [9.17, 15) is 4.57 Å². The van der Waals surface area contributed by atoms with E-state index in [0.29, 0.717) is 6.54 Å². The van der Waals surface area contributed by atoms with Gasteiger partial charge in [0.2, 0.25) is 0 Å². The molecule has 0 atom stereocenters. The number of nitrogens with one attached hydrogen (secondary N) is 1. The second-order valence-electron chi connectivity index (χ2n) is 2.74. The molecule has 94 valence electrons. The molecular weight excluding hydrogens is 239 g/mol. The maximum absolute atomic E-state index is 10.2. The van der Waals surface area contributed by atoms with Crippen molar-refractivity contribution in [1.29, 1.82) is 0 Å². The Labute approximate surface area is 102 Å². The van der Waals surface area contributed by atoms with Crippen LogP contribution in [-0.2, 0) is 11.1 Å². The van der Waals surface area contributed by atoms with Gasteiger partial charge in [0, 0.05) is 0 Å². The molecule has 0 radical (unpaired) electrons. The molecule has 1 aromatic rings. The van der Waals surface area contributed by atoms with Gasteiger partial charge in [-0.1, -0.05) is 44.2 Å². The van der Waals surface area contributed by atoms with Crippen LogP contribution >= 0.6 is 8.61 Å². The Bertz CT molecular complexity index is 345. The summed E-state index contributed by atoms with van der Waals surface area (Å²) in [6.07, 6.45) is 0. The number of guanidine groups is 1. The number of rotatable bonds is 3. The molecule has 0 bridgehead atoms. The van der Waals surface area contributed by atoms with Crippen LogP contribution in [-0.4, -0.2) is 16.2 Å². The maximum Gasteiger partial charge on any atom is 0.281 e. The number of hydrazine groups is 1. The zero-order chi connectivity index (χ0) is 13.1. The van der Waals surface area contributed by atoms with Crippen LogP contribution < -0.4 is 10.9 Å². The number of nitrogens with zero attached hydrogens (tertiary/aromatic N) is 2. The molecule has 0 unspecified atom stereocenters. The Morgan fingerprint density at radius 2 is 2.06 bits per heavy atom. The van der Waals surface area contributed by atoms with Crippen molar-refractivity contribution in [2.75, 3.05) is 0 Å². The lowest BCUT2D eigenvalue weighted by molar-refractivity contribution is 0.295. The maximum atomic E-state index is 10.2. The molecule has 0 heterocycles. The molecule has 7 heteroatoms. The van der Waals surface area contributed by atoms with Crippen LogP contribution in [0.3, 0.4) is 0 Å². The summed E-state index contributed by atoms with van der Waals surface area (Å²) in [7, 11) is -0.377. The predicted octanol–water partition coefficient (Wildman–Crippen LogP) is 1.93. The van der Waals surface area contributed by atoms with E-state index in [1.165, 1.54) is 0 Å². The lowest BCUT2D eigenvalue weighted by Gasteiger charge is -2.17. The molecule has 0 spiro atoms. The summed E-state index contributed by atoms with van der Waals surface area (Å²) in [6.45, 7) is 4.35. The Kier molecular flexibility index (Phi) is 8.64. The fourth-order valence-electron chi connectivity index (χ4n) is 1.04. The van der Waals surface area contributed by atoms with Gasteiger partial charge < -0.3 is 5.21 Å². The highest BCUT2D eigenvalue weighted by molar-refractivity contribution is 7.22. The second-order valence-corrected chi connectivity index (χ2v) is 3.15. The highest BCUT2D eigenvalue weighted by atomic mass is 31.1. The number of benzene rings is 1. The molecule has 0 amide bonds. The first-order chi connectivity index (χ1) is 8.27. The van der Waals surface area contributed by atoms with Crippen molar-refractivity contribution in [2.45, 2.75) is 20.4 Å². The lowest BCUT2D eigenvalue weighted by Crippen LogP contribution is -2.42. The molecule has 0 aliphatic carbocycles. The van der Waals surface area contributed by atoms with Gasteiger partial charge in [0.15, 0.2) is 0 Å². The van der Waals surface area contributed by atoms with Gasteiger partial charge in [-0.3, -0.25) is 10.1 Å². The van der Waals surface area contributed by atoms with Crippen LogP contribution in [0, 0.1) is 0 Å². The van der Waals surface area contributed by atoms with E-state index in [4.69, 9.17) is 11.0 Å². The molecule has 0 saturated heterocycles. The second kappa shape index (κ2) is 9.57. The van der Waals surface area contributed by atoms with Crippen molar-refractivity contribution >= 4 is 14.6 Å². The molecule has 0 aliphatic heterocycles. The Balaban J connectivity index is 0.00000121. The average molecular weight is 256 g/mol. The summed E-state index contributed by atoms with van der Waals surface area (Å²) in [5.74, 6) is 5.52. The van der Waals surface area contributed by atoms with E-state index in [-0.39, 0.29) is 14.6 Å². The molecule has 17 heavy (non-hydrogen) atoms. The summed E-state index contributed by atoms with van der Waals surface area (Å²) < 4.78 is 10.2. The van der Waals surface area contributed by atoms with Crippen molar-refractivity contribution in [3.63, 3.8) is 0 Å². The Morgan fingerprint density at radius 3 is 2.53 bits per heavy atom. The van der Waals surface area contributed by atoms with Crippen LogP contribution in [0.2, 0.25) is 0 Å². The van der Waals surface area contributed by atoms with Gasteiger partial charge in [-0.15, -0.1) is 0 Å². The third kappa shape index (κ3) is 5.85. The standard InChI is InChI=1S/C8H11N4O2P.C2H6/c9-12(8(10-13)11-15-14)6-7-4-2-1-3-5-7;1-2/h1-5,13H,6,9H2,(H,10,11,14);1-2H3. The van der Waals surface area contributed by atoms with Gasteiger partial charge in [0.1, 0.15) is 0 Å². The van der Waals surface area contributed by atoms with Crippen LogP contribution in [0.4, 0.5) is 0 Å². The molecule has 0 aliphatic rings. The highest BCUT2D eigenvalue weighted by Crippen LogP contribution is 2.01. The summed E-state index contributed by atoms with van der Waals surface area (Å²) in [6, 6.07) is 9.39. The molecule has 1 aromatic carbocycles. The Morgan fingerprint density at radius 1 is 1.47 bits per heavy atom. The molecule has 6 nitrogen and oxygen atoms in total. The van der Waals surface area contributed by atoms with E-state index >= 15 is 0 Å². The first-order valence-corrected chi connectivity index (χ1v) is 5.95. The van der Waals surface area contributed by atoms with Crippen LogP contribution in [0.15, 0.2) is 35.5 Å². The number of hydrogen-bond acceptors (Lipinski definition) is 4. The summed E-state index contributed by atoms with van der Waals surface area (Å²) in [5.41, 5.74) is 0.950. The van der Waals surface area contributed by atoms with Gasteiger partial charge in [0.05, 0.1) is 6.54 Å². The normalized spacial score (nSPS) is 10.4. The van der Waals surface area contributed by atoms with Gasteiger partial charge >= 0.3 is 0 Å². The average Bonchev–Trinajstić information content (AvgIpc) is 2.39. The molecule has 0 aromatic heterocycles. The van der Waals surface area contributed by atoms with Gasteiger partial charge in [-0.2, -0.15) is 0 Å². The SMILES string of the molecule is CC.NN(Cc1ccccc1)/C(=N/O)NP=O. The lowest BCUT2D eigenvalue weighted by atomic mass is 10.2. The van der Waals surface area contributed by atoms with Crippen molar-refractivity contribution in [3.05, 3.63) is 35.9 Å². The Hall–Kier alpha value is -1.65. The van der Waals surface area contributed by atoms with Crippen molar-refractivity contribution < 1.29 is 9.77 Å².